The Morgan fingerprint density at radius 1 is 1.23 bits per heavy atom. The maximum atomic E-state index is 13.6. The molecule has 1 aliphatic rings. The van der Waals surface area contributed by atoms with E-state index in [1.54, 1.807) is 10.8 Å². The summed E-state index contributed by atoms with van der Waals surface area (Å²) >= 11 is 0. The molecule has 39 heavy (non-hydrogen) atoms. The number of carbonyl (C=O) groups excluding carboxylic acids is 2. The number of ether oxygens (including phenoxy) is 2. The molecule has 210 valence electrons. The number of hydrogen-bond donors (Lipinski definition) is 1. The lowest BCUT2D eigenvalue weighted by Gasteiger charge is -2.33. The van der Waals surface area contributed by atoms with E-state index in [-0.39, 0.29) is 43.9 Å². The van der Waals surface area contributed by atoms with E-state index in [1.807, 2.05) is 0 Å². The van der Waals surface area contributed by atoms with Gasteiger partial charge in [-0.1, -0.05) is 12.1 Å². The number of carbonyl (C=O) groups is 2. The normalized spacial score (nSPS) is 14.6. The number of para-hydroxylation sites is 1. The van der Waals surface area contributed by atoms with Gasteiger partial charge >= 0.3 is 12.3 Å². The second kappa shape index (κ2) is 11.8. The lowest BCUT2D eigenvalue weighted by atomic mass is 9.96. The van der Waals surface area contributed by atoms with Gasteiger partial charge in [-0.05, 0) is 38.0 Å². The van der Waals surface area contributed by atoms with Crippen LogP contribution in [0, 0.1) is 17.2 Å². The van der Waals surface area contributed by atoms with Crippen LogP contribution in [0.25, 0.3) is 0 Å². The van der Waals surface area contributed by atoms with E-state index in [1.165, 1.54) is 11.8 Å². The van der Waals surface area contributed by atoms with Crippen LogP contribution in [0.4, 0.5) is 27.8 Å². The Balaban J connectivity index is 1.76. The van der Waals surface area contributed by atoms with E-state index in [2.05, 4.69) is 9.72 Å². The topological polar surface area (TPSA) is 139 Å². The molecule has 0 radical (unpaired) electrons. The molecule has 16 heteroatoms. The lowest BCUT2D eigenvalue weighted by molar-refractivity contribution is -0.275. The maximum absolute atomic E-state index is 13.6. The molecule has 0 unspecified atom stereocenters. The highest BCUT2D eigenvalue weighted by Crippen LogP contribution is 2.32. The van der Waals surface area contributed by atoms with Crippen molar-refractivity contribution in [1.29, 1.82) is 5.26 Å². The molecule has 0 spiro atoms. The molecule has 0 bridgehead atoms. The Labute approximate surface area is 219 Å². The zero-order valence-electron chi connectivity index (χ0n) is 20.2. The monoisotopic (exact) mass is 576 g/mol. The van der Waals surface area contributed by atoms with Crippen LogP contribution in [0.15, 0.2) is 35.2 Å². The summed E-state index contributed by atoms with van der Waals surface area (Å²) in [4.78, 5) is 29.1. The predicted molar refractivity (Wildman–Crippen MR) is 123 cm³/mol. The number of nitrogens with one attached hydrogen (secondary N) is 1. The Morgan fingerprint density at radius 3 is 2.44 bits per heavy atom. The molecule has 10 nitrogen and oxygen atoms in total. The summed E-state index contributed by atoms with van der Waals surface area (Å²) < 4.78 is 101. The maximum Gasteiger partial charge on any atom is 0.573 e. The van der Waals surface area contributed by atoms with Crippen LogP contribution < -0.4 is 14.4 Å². The van der Waals surface area contributed by atoms with E-state index in [0.717, 1.165) is 30.3 Å². The minimum atomic E-state index is -5.17. The number of aromatic nitrogens is 1. The van der Waals surface area contributed by atoms with E-state index >= 15 is 0 Å². The van der Waals surface area contributed by atoms with Crippen LogP contribution in [0.3, 0.4) is 0 Å². The van der Waals surface area contributed by atoms with Crippen molar-refractivity contribution >= 4 is 27.7 Å². The van der Waals surface area contributed by atoms with Crippen molar-refractivity contribution in [1.82, 2.24) is 9.71 Å². The number of alkyl halides is 5. The van der Waals surface area contributed by atoms with Crippen LogP contribution in [0.2, 0.25) is 0 Å². The molecule has 1 N–H and O–H groups in total. The van der Waals surface area contributed by atoms with Gasteiger partial charge in [0, 0.05) is 19.0 Å². The third kappa shape index (κ3) is 7.11. The largest absolute Gasteiger partial charge is 0.573 e. The van der Waals surface area contributed by atoms with Gasteiger partial charge in [0.15, 0.2) is 0 Å². The second-order valence-corrected chi connectivity index (χ2v) is 9.80. The fourth-order valence-corrected chi connectivity index (χ4v) is 5.06. The van der Waals surface area contributed by atoms with E-state index in [9.17, 15) is 45.2 Å². The number of amides is 1. The van der Waals surface area contributed by atoms with Crippen molar-refractivity contribution in [3.05, 3.63) is 47.2 Å². The highest BCUT2D eigenvalue weighted by molar-refractivity contribution is 7.90. The Hall–Kier alpha value is -4.00. The summed E-state index contributed by atoms with van der Waals surface area (Å²) in [6.07, 6.45) is -8.33. The summed E-state index contributed by atoms with van der Waals surface area (Å²) in [5.74, 6) is -4.13. The number of sulfonamides is 1. The molecule has 2 heterocycles. The van der Waals surface area contributed by atoms with Gasteiger partial charge in [0.1, 0.15) is 28.2 Å². The molecule has 0 aliphatic carbocycles. The smallest absolute Gasteiger partial charge is 0.462 e. The Bertz CT molecular complexity index is 1390. The summed E-state index contributed by atoms with van der Waals surface area (Å²) in [6.45, 7) is 1.38. The minimum absolute atomic E-state index is 0.00175. The van der Waals surface area contributed by atoms with Crippen molar-refractivity contribution in [2.45, 2.75) is 37.4 Å². The summed E-state index contributed by atoms with van der Waals surface area (Å²) in [7, 11) is -4.74. The predicted octanol–water partition coefficient (Wildman–Crippen LogP) is 3.69. The average molecular weight is 577 g/mol. The fraction of sp³-hybridized carbons (Fsp3) is 0.391. The molecule has 1 saturated heterocycles. The lowest BCUT2D eigenvalue weighted by Crippen LogP contribution is -2.43. The van der Waals surface area contributed by atoms with Crippen molar-refractivity contribution in [2.75, 3.05) is 24.6 Å². The van der Waals surface area contributed by atoms with Gasteiger partial charge in [0.2, 0.25) is 5.91 Å². The first-order valence-electron chi connectivity index (χ1n) is 11.3. The Kier molecular flexibility index (Phi) is 8.95. The van der Waals surface area contributed by atoms with Crippen molar-refractivity contribution in [3.8, 4) is 11.8 Å². The Morgan fingerprint density at radius 2 is 1.87 bits per heavy atom. The molecular weight excluding hydrogens is 555 g/mol. The van der Waals surface area contributed by atoms with Crippen molar-refractivity contribution in [2.24, 2.45) is 5.92 Å². The first kappa shape index (κ1) is 29.6. The van der Waals surface area contributed by atoms with Gasteiger partial charge in [-0.3, -0.25) is 4.79 Å². The quantitative estimate of drug-likeness (QED) is 0.368. The summed E-state index contributed by atoms with van der Waals surface area (Å²) in [5, 5.41) is 9.52. The molecule has 1 aromatic carbocycles. The van der Waals surface area contributed by atoms with Crippen LogP contribution >= 0.6 is 0 Å². The molecule has 1 amide bonds. The van der Waals surface area contributed by atoms with Crippen LogP contribution in [0.5, 0.6) is 5.75 Å². The average Bonchev–Trinajstić information content (AvgIpc) is 2.87. The number of pyridine rings is 1. The van der Waals surface area contributed by atoms with Gasteiger partial charge < -0.3 is 14.4 Å². The number of piperidine rings is 1. The number of anilines is 1. The highest BCUT2D eigenvalue weighted by Gasteiger charge is 2.36. The highest BCUT2D eigenvalue weighted by atomic mass is 32.2. The second-order valence-electron chi connectivity index (χ2n) is 8.15. The van der Waals surface area contributed by atoms with E-state index < -0.39 is 62.5 Å². The number of rotatable bonds is 8. The zero-order valence-corrected chi connectivity index (χ0v) is 21.0. The SMILES string of the molecule is CCOC(=O)c1cc(C#N)c(N2CCC(C(=O)NS(=O)(=O)c3ccccc3OC(F)(F)F)CC2)nc1C(F)F. The zero-order chi connectivity index (χ0) is 29.0. The van der Waals surface area contributed by atoms with Gasteiger partial charge in [-0.15, -0.1) is 13.2 Å². The third-order valence-corrected chi connectivity index (χ3v) is 7.01. The molecule has 1 fully saturated rings. The molecule has 2 aromatic rings. The number of esters is 1. The van der Waals surface area contributed by atoms with E-state index in [0.29, 0.717) is 0 Å². The molecule has 1 aliphatic heterocycles. The third-order valence-electron chi connectivity index (χ3n) is 5.62. The number of benzene rings is 1. The number of halogens is 5. The summed E-state index contributed by atoms with van der Waals surface area (Å²) in [6, 6.07) is 6.65. The van der Waals surface area contributed by atoms with Gasteiger partial charge in [0.05, 0.1) is 17.7 Å². The van der Waals surface area contributed by atoms with Gasteiger partial charge in [0.25, 0.3) is 16.4 Å². The number of nitriles is 1. The molecule has 0 saturated carbocycles. The van der Waals surface area contributed by atoms with Gasteiger partial charge in [-0.2, -0.15) is 5.26 Å². The standard InChI is InChI=1S/C23H21F5N4O6S/c1-2-37-22(34)15-11-14(12-29)20(30-18(15)19(24)25)32-9-7-13(8-10-32)21(33)31-39(35,36)17-6-4-3-5-16(17)38-23(26,27)28/h3-6,11,13,19H,2,7-10H2,1H3,(H,31,33). The molecule has 3 rings (SSSR count). The molecule has 0 atom stereocenters. The first-order valence-corrected chi connectivity index (χ1v) is 12.8. The van der Waals surface area contributed by atoms with Crippen LogP contribution in [-0.2, 0) is 19.6 Å². The number of nitrogens with zero attached hydrogens (tertiary/aromatic N) is 3. The van der Waals surface area contributed by atoms with Crippen LogP contribution in [0.1, 0.15) is 47.8 Å². The number of hydrogen-bond acceptors (Lipinski definition) is 9. The van der Waals surface area contributed by atoms with E-state index in [4.69, 9.17) is 4.74 Å². The minimum Gasteiger partial charge on any atom is -0.462 e. The summed E-state index contributed by atoms with van der Waals surface area (Å²) in [5.41, 5.74) is -1.62. The molecular formula is C23H21F5N4O6S. The van der Waals surface area contributed by atoms with Crippen molar-refractivity contribution in [3.63, 3.8) is 0 Å². The first-order chi connectivity index (χ1) is 18.3. The van der Waals surface area contributed by atoms with Crippen molar-refractivity contribution < 1.29 is 49.4 Å². The molecule has 1 aromatic heterocycles. The fourth-order valence-electron chi connectivity index (χ4n) is 3.88. The van der Waals surface area contributed by atoms with Crippen LogP contribution in [-0.4, -0.2) is 51.3 Å². The van der Waals surface area contributed by atoms with Gasteiger partial charge in [-0.25, -0.2) is 31.7 Å².